The Bertz CT molecular complexity index is 1060. The van der Waals surface area contributed by atoms with Crippen LogP contribution in [0.3, 0.4) is 0 Å². The van der Waals surface area contributed by atoms with Gasteiger partial charge in [-0.15, -0.1) is 0 Å². The van der Waals surface area contributed by atoms with Crippen molar-refractivity contribution in [2.45, 2.75) is 39.0 Å². The number of benzene rings is 2. The number of hydrogen-bond acceptors (Lipinski definition) is 4. The van der Waals surface area contributed by atoms with Crippen LogP contribution in [0.2, 0.25) is 10.0 Å². The molecule has 0 saturated carbocycles. The van der Waals surface area contributed by atoms with E-state index in [1.165, 1.54) is 15.9 Å². The van der Waals surface area contributed by atoms with E-state index in [1.54, 1.807) is 50.9 Å². The van der Waals surface area contributed by atoms with Crippen LogP contribution >= 0.6 is 23.2 Å². The summed E-state index contributed by atoms with van der Waals surface area (Å²) in [5.74, 6) is -1.85. The van der Waals surface area contributed by atoms with Crippen molar-refractivity contribution in [2.24, 2.45) is 0 Å². The summed E-state index contributed by atoms with van der Waals surface area (Å²) in [5, 5.41) is 0.874. The van der Waals surface area contributed by atoms with E-state index in [2.05, 4.69) is 0 Å². The van der Waals surface area contributed by atoms with Crippen molar-refractivity contribution in [1.29, 1.82) is 0 Å². The second-order valence-electron chi connectivity index (χ2n) is 9.20. The average Bonchev–Trinajstić information content (AvgIpc) is 2.71. The summed E-state index contributed by atoms with van der Waals surface area (Å²) in [6, 6.07) is 7.27. The third kappa shape index (κ3) is 6.51. The van der Waals surface area contributed by atoms with Gasteiger partial charge in [-0.3, -0.25) is 4.79 Å². The molecule has 0 radical (unpaired) electrons. The van der Waals surface area contributed by atoms with Gasteiger partial charge in [-0.05, 0) is 56.7 Å². The molecule has 2 aromatic rings. The van der Waals surface area contributed by atoms with E-state index < -0.39 is 29.4 Å². The zero-order chi connectivity index (χ0) is 25.2. The molecule has 184 valence electrons. The molecular formula is C24H27Cl2F2N3O3. The SMILES string of the molecule is CN(Cc1cc(Cl)cc(Cl)c1)C(=O)C1CN(C(=O)OC(C)(C)C)CCN1c1ccc(F)cc1F. The molecule has 0 aromatic heterocycles. The fourth-order valence-corrected chi connectivity index (χ4v) is 4.37. The van der Waals surface area contributed by atoms with Crippen LogP contribution in [0.15, 0.2) is 36.4 Å². The van der Waals surface area contributed by atoms with E-state index in [1.807, 2.05) is 0 Å². The molecule has 2 aromatic carbocycles. The van der Waals surface area contributed by atoms with Crippen molar-refractivity contribution in [2.75, 3.05) is 31.6 Å². The molecule has 1 heterocycles. The van der Waals surface area contributed by atoms with Crippen LogP contribution in [0, 0.1) is 11.6 Å². The predicted octanol–water partition coefficient (Wildman–Crippen LogP) is 5.36. The van der Waals surface area contributed by atoms with Gasteiger partial charge in [0.15, 0.2) is 0 Å². The van der Waals surface area contributed by atoms with Gasteiger partial charge in [0.1, 0.15) is 23.3 Å². The number of likely N-dealkylation sites (N-methyl/N-ethyl adjacent to an activating group) is 1. The lowest BCUT2D eigenvalue weighted by atomic mass is 10.1. The zero-order valence-corrected chi connectivity index (χ0v) is 21.0. The van der Waals surface area contributed by atoms with Crippen molar-refractivity contribution in [1.82, 2.24) is 9.80 Å². The van der Waals surface area contributed by atoms with Gasteiger partial charge in [0, 0.05) is 42.8 Å². The highest BCUT2D eigenvalue weighted by atomic mass is 35.5. The van der Waals surface area contributed by atoms with Gasteiger partial charge >= 0.3 is 6.09 Å². The molecule has 0 spiro atoms. The first-order chi connectivity index (χ1) is 15.8. The normalized spacial score (nSPS) is 16.4. The van der Waals surface area contributed by atoms with Crippen LogP contribution in [0.1, 0.15) is 26.3 Å². The van der Waals surface area contributed by atoms with E-state index in [4.69, 9.17) is 27.9 Å². The van der Waals surface area contributed by atoms with Gasteiger partial charge in [-0.1, -0.05) is 23.2 Å². The van der Waals surface area contributed by atoms with Crippen LogP contribution < -0.4 is 4.90 Å². The van der Waals surface area contributed by atoms with E-state index in [0.29, 0.717) is 15.6 Å². The Morgan fingerprint density at radius 3 is 2.32 bits per heavy atom. The van der Waals surface area contributed by atoms with Gasteiger partial charge in [0.2, 0.25) is 5.91 Å². The first kappa shape index (κ1) is 26.0. The maximum absolute atomic E-state index is 14.6. The molecule has 1 aliphatic heterocycles. The number of piperazine rings is 1. The van der Waals surface area contributed by atoms with Crippen molar-refractivity contribution in [3.8, 4) is 0 Å². The van der Waals surface area contributed by atoms with Crippen LogP contribution in [-0.2, 0) is 16.1 Å². The Hall–Kier alpha value is -2.58. The van der Waals surface area contributed by atoms with Gasteiger partial charge < -0.3 is 19.4 Å². The lowest BCUT2D eigenvalue weighted by Crippen LogP contribution is -2.61. The number of rotatable bonds is 4. The Labute approximate surface area is 208 Å². The van der Waals surface area contributed by atoms with Crippen molar-refractivity contribution in [3.63, 3.8) is 0 Å². The standard InChI is InChI=1S/C24H27Cl2F2N3O3/c1-24(2,3)34-23(33)30-7-8-31(20-6-5-18(27)12-19(20)28)21(14-30)22(32)29(4)13-15-9-16(25)11-17(26)10-15/h5-6,9-12,21H,7-8,13-14H2,1-4H3. The van der Waals surface area contributed by atoms with Crippen molar-refractivity contribution in [3.05, 3.63) is 63.6 Å². The van der Waals surface area contributed by atoms with Crippen molar-refractivity contribution < 1.29 is 23.1 Å². The number of anilines is 1. The molecule has 6 nitrogen and oxygen atoms in total. The molecular weight excluding hydrogens is 487 g/mol. The highest BCUT2D eigenvalue weighted by Crippen LogP contribution is 2.27. The first-order valence-corrected chi connectivity index (χ1v) is 11.5. The molecule has 1 saturated heterocycles. The predicted molar refractivity (Wildman–Crippen MR) is 128 cm³/mol. The molecule has 1 atom stereocenters. The largest absolute Gasteiger partial charge is 0.444 e. The van der Waals surface area contributed by atoms with Crippen LogP contribution in [0.25, 0.3) is 0 Å². The monoisotopic (exact) mass is 513 g/mol. The molecule has 0 bridgehead atoms. The number of hydrogen-bond donors (Lipinski definition) is 0. The highest BCUT2D eigenvalue weighted by Gasteiger charge is 2.38. The number of ether oxygens (including phenoxy) is 1. The topological polar surface area (TPSA) is 53.1 Å². The second-order valence-corrected chi connectivity index (χ2v) is 10.1. The molecule has 2 amide bonds. The summed E-state index contributed by atoms with van der Waals surface area (Å²) >= 11 is 12.2. The minimum absolute atomic E-state index is 0.0226. The number of carbonyl (C=O) groups is 2. The maximum atomic E-state index is 14.6. The van der Waals surface area contributed by atoms with E-state index in [-0.39, 0.29) is 37.8 Å². The van der Waals surface area contributed by atoms with E-state index in [0.717, 1.165) is 12.1 Å². The van der Waals surface area contributed by atoms with Gasteiger partial charge in [0.05, 0.1) is 12.2 Å². The maximum Gasteiger partial charge on any atom is 0.410 e. The fraction of sp³-hybridized carbons (Fsp3) is 0.417. The summed E-state index contributed by atoms with van der Waals surface area (Å²) in [7, 11) is 1.60. The molecule has 1 fully saturated rings. The second kappa shape index (κ2) is 10.4. The molecule has 1 unspecified atom stereocenters. The summed E-state index contributed by atoms with van der Waals surface area (Å²) < 4.78 is 33.6. The quantitative estimate of drug-likeness (QED) is 0.552. The lowest BCUT2D eigenvalue weighted by molar-refractivity contribution is -0.132. The molecule has 1 aliphatic rings. The molecule has 34 heavy (non-hydrogen) atoms. The number of carbonyl (C=O) groups excluding carboxylic acids is 2. The number of nitrogens with zero attached hydrogens (tertiary/aromatic N) is 3. The summed E-state index contributed by atoms with van der Waals surface area (Å²) in [6.45, 7) is 5.80. The number of amides is 2. The summed E-state index contributed by atoms with van der Waals surface area (Å²) in [5.41, 5.74) is 0.0924. The van der Waals surface area contributed by atoms with Crippen molar-refractivity contribution >= 4 is 40.9 Å². The molecule has 10 heteroatoms. The van der Waals surface area contributed by atoms with Crippen LogP contribution in [0.5, 0.6) is 0 Å². The molecule has 3 rings (SSSR count). The van der Waals surface area contributed by atoms with E-state index in [9.17, 15) is 18.4 Å². The third-order valence-electron chi connectivity index (χ3n) is 5.25. The minimum atomic E-state index is -0.916. The Morgan fingerprint density at radius 2 is 1.74 bits per heavy atom. The Balaban J connectivity index is 1.88. The highest BCUT2D eigenvalue weighted by molar-refractivity contribution is 6.34. The smallest absolute Gasteiger partial charge is 0.410 e. The van der Waals surface area contributed by atoms with Crippen LogP contribution in [0.4, 0.5) is 19.3 Å². The summed E-state index contributed by atoms with van der Waals surface area (Å²) in [6.07, 6.45) is -0.561. The van der Waals surface area contributed by atoms with Crippen LogP contribution in [-0.4, -0.2) is 60.1 Å². The first-order valence-electron chi connectivity index (χ1n) is 10.7. The fourth-order valence-electron chi connectivity index (χ4n) is 3.80. The third-order valence-corrected chi connectivity index (χ3v) is 5.69. The average molecular weight is 514 g/mol. The minimum Gasteiger partial charge on any atom is -0.444 e. The molecule has 0 N–H and O–H groups in total. The zero-order valence-electron chi connectivity index (χ0n) is 19.4. The summed E-state index contributed by atoms with van der Waals surface area (Å²) in [4.78, 5) is 30.6. The molecule has 0 aliphatic carbocycles. The van der Waals surface area contributed by atoms with Gasteiger partial charge in [0.25, 0.3) is 0 Å². The Kier molecular flexibility index (Phi) is 7.93. The van der Waals surface area contributed by atoms with Gasteiger partial charge in [-0.25, -0.2) is 13.6 Å². The number of halogens is 4. The Morgan fingerprint density at radius 1 is 1.09 bits per heavy atom. The van der Waals surface area contributed by atoms with E-state index >= 15 is 0 Å². The lowest BCUT2D eigenvalue weighted by Gasteiger charge is -2.43. The van der Waals surface area contributed by atoms with Gasteiger partial charge in [-0.2, -0.15) is 0 Å².